The minimum absolute atomic E-state index is 0.288. The number of ether oxygens (including phenoxy) is 2. The topological polar surface area (TPSA) is 124 Å². The summed E-state index contributed by atoms with van der Waals surface area (Å²) >= 11 is 3.41. The Morgan fingerprint density at radius 3 is 1.33 bits per heavy atom. The molecule has 7 aromatic rings. The van der Waals surface area contributed by atoms with E-state index in [1.54, 1.807) is 36.8 Å². The van der Waals surface area contributed by atoms with Crippen LogP contribution in [0.2, 0.25) is 0 Å². The maximum Gasteiger partial charge on any atom is 0.340 e. The van der Waals surface area contributed by atoms with E-state index in [9.17, 15) is 19.2 Å². The van der Waals surface area contributed by atoms with Crippen LogP contribution in [0, 0.1) is 13.8 Å². The van der Waals surface area contributed by atoms with E-state index in [1.807, 2.05) is 171 Å². The molecular weight excluding hydrogens is 869 g/mol. The lowest BCUT2D eigenvalue weighted by Gasteiger charge is -2.21. The van der Waals surface area contributed by atoms with Crippen LogP contribution in [0.3, 0.4) is 0 Å². The summed E-state index contributed by atoms with van der Waals surface area (Å²) in [5, 5.41) is 5.86. The number of carbonyl (C=O) groups excluding carboxylic acids is 4. The molecule has 0 spiro atoms. The molecule has 326 valence electrons. The number of amides is 2. The normalized spacial score (nSPS) is 11.1. The second kappa shape index (κ2) is 20.0. The van der Waals surface area contributed by atoms with Crippen LogP contribution in [0.5, 0.6) is 0 Å². The van der Waals surface area contributed by atoms with Crippen molar-refractivity contribution in [2.45, 2.75) is 66.6 Å². The van der Waals surface area contributed by atoms with Crippen molar-refractivity contribution in [1.29, 1.82) is 0 Å². The first-order valence-electron chi connectivity index (χ1n) is 20.7. The van der Waals surface area contributed by atoms with Gasteiger partial charge in [-0.05, 0) is 143 Å². The molecule has 0 saturated heterocycles. The van der Waals surface area contributed by atoms with Gasteiger partial charge in [-0.3, -0.25) is 9.59 Å². The minimum Gasteiger partial charge on any atom is -0.472 e. The summed E-state index contributed by atoms with van der Waals surface area (Å²) in [6.45, 7) is 14.6. The highest BCUT2D eigenvalue weighted by atomic mass is 79.9. The lowest BCUT2D eigenvalue weighted by molar-refractivity contribution is 0.00580. The molecule has 0 atom stereocenters. The number of aryl methyl sites for hydroxylation is 2. The quantitative estimate of drug-likeness (QED) is 0.138. The molecule has 0 radical (unpaired) electrons. The average molecular weight is 920 g/mol. The van der Waals surface area contributed by atoms with Crippen LogP contribution in [-0.2, 0) is 9.47 Å². The Hall–Kier alpha value is -7.04. The number of nitrogens with one attached hydrogen (secondary N) is 2. The molecule has 0 saturated carbocycles. The predicted octanol–water partition coefficient (Wildman–Crippen LogP) is 13.8. The number of hydrogen-bond acceptors (Lipinski definition) is 7. The van der Waals surface area contributed by atoms with E-state index in [4.69, 9.17) is 13.9 Å². The van der Waals surface area contributed by atoms with Gasteiger partial charge in [0.1, 0.15) is 11.2 Å². The van der Waals surface area contributed by atoms with Gasteiger partial charge < -0.3 is 24.5 Å². The number of hydrogen-bond donors (Lipinski definition) is 2. The summed E-state index contributed by atoms with van der Waals surface area (Å²) in [6, 6.07) is 43.3. The molecule has 64 heavy (non-hydrogen) atoms. The molecule has 0 bridgehead atoms. The van der Waals surface area contributed by atoms with Crippen molar-refractivity contribution >= 4 is 51.1 Å². The van der Waals surface area contributed by atoms with Crippen LogP contribution in [0.4, 0.5) is 11.4 Å². The Morgan fingerprint density at radius 1 is 0.469 bits per heavy atom. The zero-order chi connectivity index (χ0) is 46.2. The fraction of sp³-hybridized carbons (Fsp3) is 0.185. The molecule has 1 aromatic heterocycles. The highest BCUT2D eigenvalue weighted by molar-refractivity contribution is 9.10. The first-order valence-corrected chi connectivity index (χ1v) is 21.5. The van der Waals surface area contributed by atoms with Crippen LogP contribution >= 0.6 is 15.9 Å². The summed E-state index contributed by atoms with van der Waals surface area (Å²) in [5.74, 6) is -1.57. The number of rotatable bonds is 9. The predicted molar refractivity (Wildman–Crippen MR) is 258 cm³/mol. The maximum atomic E-state index is 13.4. The third-order valence-corrected chi connectivity index (χ3v) is 10.3. The Bertz CT molecular complexity index is 2790. The SMILES string of the molecule is Cc1ccc(-c2ccoc2)cc1C(=O)Nc1cc(-c2ccccc2)ccc1C(=O)OC(C)(C)C.Cc1ccc(Br)cc1C(=O)Nc1cc(-c2ccccc2)ccc1C(=O)OC(C)(C)C. The van der Waals surface area contributed by atoms with Crippen LogP contribution in [-0.4, -0.2) is 35.0 Å². The number of carbonyl (C=O) groups is 4. The van der Waals surface area contributed by atoms with Gasteiger partial charge in [0.25, 0.3) is 11.8 Å². The van der Waals surface area contributed by atoms with Crippen LogP contribution in [0.25, 0.3) is 33.4 Å². The Balaban J connectivity index is 0.000000214. The van der Waals surface area contributed by atoms with E-state index >= 15 is 0 Å². The molecule has 6 aromatic carbocycles. The van der Waals surface area contributed by atoms with Gasteiger partial charge in [-0.2, -0.15) is 0 Å². The maximum absolute atomic E-state index is 13.4. The van der Waals surface area contributed by atoms with Gasteiger partial charge in [-0.15, -0.1) is 0 Å². The number of halogens is 1. The van der Waals surface area contributed by atoms with E-state index < -0.39 is 23.1 Å². The van der Waals surface area contributed by atoms with E-state index in [0.717, 1.165) is 49.0 Å². The molecular formula is C54H51BrN2O7. The van der Waals surface area contributed by atoms with E-state index in [1.165, 1.54) is 0 Å². The van der Waals surface area contributed by atoms with Gasteiger partial charge in [0.2, 0.25) is 0 Å². The molecule has 2 N–H and O–H groups in total. The Morgan fingerprint density at radius 2 is 0.891 bits per heavy atom. The highest BCUT2D eigenvalue weighted by Gasteiger charge is 2.24. The zero-order valence-corrected chi connectivity index (χ0v) is 38.8. The van der Waals surface area contributed by atoms with Crippen molar-refractivity contribution in [2.24, 2.45) is 0 Å². The van der Waals surface area contributed by atoms with Gasteiger partial charge in [-0.25, -0.2) is 9.59 Å². The molecule has 0 fully saturated rings. The van der Waals surface area contributed by atoms with E-state index in [-0.39, 0.29) is 11.8 Å². The number of furan rings is 1. The standard InChI is InChI=1S/C29H27NO4.C25H24BrNO3/c1-19-10-11-21(23-14-15-33-18-23)16-25(19)27(31)30-26-17-22(20-8-6-5-7-9-20)12-13-24(26)28(32)34-29(2,3)4;1-16-10-12-19(26)15-21(16)23(28)27-22-14-18(17-8-6-5-7-9-17)11-13-20(22)24(29)30-25(2,3)4/h5-18H,1-4H3,(H,30,31);5-15H,1-4H3,(H,27,28). The Kier molecular flexibility index (Phi) is 14.5. The van der Waals surface area contributed by atoms with Gasteiger partial charge in [0.05, 0.1) is 35.0 Å². The van der Waals surface area contributed by atoms with Gasteiger partial charge in [0, 0.05) is 21.2 Å². The van der Waals surface area contributed by atoms with Gasteiger partial charge >= 0.3 is 11.9 Å². The molecule has 0 aliphatic heterocycles. The first kappa shape index (κ1) is 46.5. The van der Waals surface area contributed by atoms with Crippen LogP contribution in [0.15, 0.2) is 161 Å². The van der Waals surface area contributed by atoms with Crippen molar-refractivity contribution in [3.63, 3.8) is 0 Å². The summed E-state index contributed by atoms with van der Waals surface area (Å²) in [7, 11) is 0. The molecule has 0 aliphatic carbocycles. The second-order valence-electron chi connectivity index (χ2n) is 17.2. The average Bonchev–Trinajstić information content (AvgIpc) is 3.80. The van der Waals surface area contributed by atoms with Crippen molar-refractivity contribution in [2.75, 3.05) is 10.6 Å². The van der Waals surface area contributed by atoms with E-state index in [2.05, 4.69) is 26.6 Å². The molecule has 9 nitrogen and oxygen atoms in total. The minimum atomic E-state index is -0.661. The summed E-state index contributed by atoms with van der Waals surface area (Å²) in [4.78, 5) is 52.1. The van der Waals surface area contributed by atoms with Crippen LogP contribution < -0.4 is 10.6 Å². The molecule has 7 rings (SSSR count). The number of esters is 2. The highest BCUT2D eigenvalue weighted by Crippen LogP contribution is 2.31. The summed E-state index contributed by atoms with van der Waals surface area (Å²) in [5.41, 5.74) is 8.32. The van der Waals surface area contributed by atoms with Crippen molar-refractivity contribution < 1.29 is 33.1 Å². The van der Waals surface area contributed by atoms with Crippen LogP contribution in [0.1, 0.15) is 94.1 Å². The third kappa shape index (κ3) is 12.3. The van der Waals surface area contributed by atoms with Crippen molar-refractivity contribution in [3.05, 3.63) is 190 Å². The fourth-order valence-electron chi connectivity index (χ4n) is 6.63. The largest absolute Gasteiger partial charge is 0.472 e. The van der Waals surface area contributed by atoms with Gasteiger partial charge in [0.15, 0.2) is 0 Å². The monoisotopic (exact) mass is 918 g/mol. The second-order valence-corrected chi connectivity index (χ2v) is 18.1. The Labute approximate surface area is 383 Å². The summed E-state index contributed by atoms with van der Waals surface area (Å²) < 4.78 is 17.1. The molecule has 1 heterocycles. The molecule has 10 heteroatoms. The van der Waals surface area contributed by atoms with Crippen molar-refractivity contribution in [3.8, 4) is 33.4 Å². The third-order valence-electron chi connectivity index (χ3n) is 9.77. The molecule has 0 aliphatic rings. The fourth-order valence-corrected chi connectivity index (χ4v) is 6.99. The molecule has 0 unspecified atom stereocenters. The lowest BCUT2D eigenvalue weighted by atomic mass is 9.99. The summed E-state index contributed by atoms with van der Waals surface area (Å²) in [6.07, 6.45) is 3.23. The zero-order valence-electron chi connectivity index (χ0n) is 37.2. The van der Waals surface area contributed by atoms with E-state index in [0.29, 0.717) is 33.6 Å². The van der Waals surface area contributed by atoms with Gasteiger partial charge in [-0.1, -0.05) is 107 Å². The number of anilines is 2. The smallest absolute Gasteiger partial charge is 0.340 e. The van der Waals surface area contributed by atoms with Crippen molar-refractivity contribution in [1.82, 2.24) is 0 Å². The molecule has 2 amide bonds. The lowest BCUT2D eigenvalue weighted by Crippen LogP contribution is -2.25. The first-order chi connectivity index (χ1) is 30.3. The number of benzene rings is 6.